The molecule has 1 N–H and O–H groups in total. The van der Waals surface area contributed by atoms with Crippen molar-refractivity contribution in [1.82, 2.24) is 10.3 Å². The summed E-state index contributed by atoms with van der Waals surface area (Å²) in [6.45, 7) is 2.26. The van der Waals surface area contributed by atoms with Gasteiger partial charge in [-0.05, 0) is 53.6 Å². The lowest BCUT2D eigenvalue weighted by molar-refractivity contribution is -0.121. The van der Waals surface area contributed by atoms with E-state index in [1.165, 1.54) is 19.3 Å². The van der Waals surface area contributed by atoms with E-state index in [9.17, 15) is 4.79 Å². The first-order valence-corrected chi connectivity index (χ1v) is 10.7. The fourth-order valence-corrected chi connectivity index (χ4v) is 5.41. The fourth-order valence-electron chi connectivity index (χ4n) is 3.08. The van der Waals surface area contributed by atoms with E-state index in [1.807, 2.05) is 5.38 Å². The molecule has 0 bridgehead atoms. The molecule has 1 aliphatic carbocycles. The molecule has 6 heteroatoms. The lowest BCUT2D eigenvalue weighted by atomic mass is 9.84. The lowest BCUT2D eigenvalue weighted by Crippen LogP contribution is -2.38. The number of thiazole rings is 1. The Labute approximate surface area is 153 Å². The van der Waals surface area contributed by atoms with Gasteiger partial charge in [0.25, 0.3) is 0 Å². The average molecular weight is 413 g/mol. The zero-order valence-corrected chi connectivity index (χ0v) is 16.4. The van der Waals surface area contributed by atoms with Crippen LogP contribution in [-0.2, 0) is 11.2 Å². The van der Waals surface area contributed by atoms with Crippen LogP contribution < -0.4 is 5.32 Å². The molecular weight excluding hydrogens is 392 g/mol. The molecule has 1 amide bonds. The van der Waals surface area contributed by atoms with Crippen LogP contribution in [0.2, 0.25) is 0 Å². The van der Waals surface area contributed by atoms with E-state index in [0.29, 0.717) is 12.5 Å². The van der Waals surface area contributed by atoms with Crippen molar-refractivity contribution in [2.45, 2.75) is 51.5 Å². The first-order valence-electron chi connectivity index (χ1n) is 8.12. The molecule has 2 aromatic heterocycles. The van der Waals surface area contributed by atoms with Gasteiger partial charge in [0.05, 0.1) is 17.0 Å². The predicted molar refractivity (Wildman–Crippen MR) is 101 cm³/mol. The molecule has 2 aromatic rings. The molecule has 3 nitrogen and oxygen atoms in total. The van der Waals surface area contributed by atoms with E-state index in [2.05, 4.69) is 44.6 Å². The number of nitrogens with one attached hydrogen (secondary N) is 1. The number of hydrogen-bond acceptors (Lipinski definition) is 4. The molecule has 124 valence electrons. The highest BCUT2D eigenvalue weighted by molar-refractivity contribution is 9.10. The maximum atomic E-state index is 12.2. The number of carbonyl (C=O) groups is 1. The molecule has 0 radical (unpaired) electrons. The maximum absolute atomic E-state index is 12.2. The SMILES string of the molecule is CCC1CCC(NC(=O)Cc2csc(-c3cc(Br)cs3)n2)CC1. The van der Waals surface area contributed by atoms with Crippen LogP contribution in [0.4, 0.5) is 0 Å². The molecule has 1 fully saturated rings. The Bertz CT molecular complexity index is 659. The average Bonchev–Trinajstić information content (AvgIpc) is 3.17. The molecule has 0 aliphatic heterocycles. The topological polar surface area (TPSA) is 42.0 Å². The largest absolute Gasteiger partial charge is 0.353 e. The molecule has 23 heavy (non-hydrogen) atoms. The number of amides is 1. The second-order valence-corrected chi connectivity index (χ2v) is 8.83. The zero-order chi connectivity index (χ0) is 16.2. The Morgan fingerprint density at radius 3 is 2.74 bits per heavy atom. The van der Waals surface area contributed by atoms with Crippen LogP contribution in [0, 0.1) is 5.92 Å². The highest BCUT2D eigenvalue weighted by Crippen LogP contribution is 2.32. The quantitative estimate of drug-likeness (QED) is 0.727. The number of nitrogens with zero attached hydrogens (tertiary/aromatic N) is 1. The maximum Gasteiger partial charge on any atom is 0.226 e. The van der Waals surface area contributed by atoms with Gasteiger partial charge in [-0.1, -0.05) is 13.3 Å². The lowest BCUT2D eigenvalue weighted by Gasteiger charge is -2.28. The minimum Gasteiger partial charge on any atom is -0.353 e. The summed E-state index contributed by atoms with van der Waals surface area (Å²) in [4.78, 5) is 18.0. The predicted octanol–water partition coefficient (Wildman–Crippen LogP) is 5.26. The summed E-state index contributed by atoms with van der Waals surface area (Å²) in [5.74, 6) is 0.962. The summed E-state index contributed by atoms with van der Waals surface area (Å²) in [5, 5.41) is 8.23. The first-order chi connectivity index (χ1) is 11.1. The summed E-state index contributed by atoms with van der Waals surface area (Å²) in [6.07, 6.45) is 6.38. The molecule has 0 unspecified atom stereocenters. The zero-order valence-electron chi connectivity index (χ0n) is 13.2. The Balaban J connectivity index is 1.51. The minimum atomic E-state index is 0.106. The number of rotatable bonds is 5. The van der Waals surface area contributed by atoms with E-state index in [-0.39, 0.29) is 5.91 Å². The summed E-state index contributed by atoms with van der Waals surface area (Å²) in [6, 6.07) is 2.43. The van der Waals surface area contributed by atoms with Crippen LogP contribution in [0.15, 0.2) is 21.3 Å². The second kappa shape index (κ2) is 7.90. The third-order valence-electron chi connectivity index (χ3n) is 4.46. The van der Waals surface area contributed by atoms with Gasteiger partial charge in [0, 0.05) is 21.3 Å². The van der Waals surface area contributed by atoms with Gasteiger partial charge in [-0.25, -0.2) is 4.98 Å². The highest BCUT2D eigenvalue weighted by Gasteiger charge is 2.21. The van der Waals surface area contributed by atoms with Gasteiger partial charge in [0.1, 0.15) is 5.01 Å². The normalized spacial score (nSPS) is 21.3. The molecule has 3 rings (SSSR count). The number of halogens is 1. The summed E-state index contributed by atoms with van der Waals surface area (Å²) < 4.78 is 1.08. The summed E-state index contributed by atoms with van der Waals surface area (Å²) >= 11 is 6.74. The van der Waals surface area contributed by atoms with Crippen LogP contribution in [0.25, 0.3) is 9.88 Å². The smallest absolute Gasteiger partial charge is 0.226 e. The van der Waals surface area contributed by atoms with Crippen LogP contribution >= 0.6 is 38.6 Å². The molecule has 0 aromatic carbocycles. The van der Waals surface area contributed by atoms with Crippen LogP contribution in [0.1, 0.15) is 44.7 Å². The van der Waals surface area contributed by atoms with Gasteiger partial charge in [0.15, 0.2) is 0 Å². The number of thiophene rings is 1. The summed E-state index contributed by atoms with van der Waals surface area (Å²) in [5.41, 5.74) is 0.870. The fraction of sp³-hybridized carbons (Fsp3) is 0.529. The monoisotopic (exact) mass is 412 g/mol. The van der Waals surface area contributed by atoms with Crippen LogP contribution in [0.5, 0.6) is 0 Å². The standard InChI is InChI=1S/C17H21BrN2OS2/c1-2-11-3-5-13(6-4-11)19-16(21)8-14-10-23-17(20-14)15-7-12(18)9-22-15/h7,9-11,13H,2-6,8H2,1H3,(H,19,21). The van der Waals surface area contributed by atoms with E-state index < -0.39 is 0 Å². The van der Waals surface area contributed by atoms with Crippen LogP contribution in [0.3, 0.4) is 0 Å². The van der Waals surface area contributed by atoms with Crippen molar-refractivity contribution in [3.63, 3.8) is 0 Å². The van der Waals surface area contributed by atoms with Gasteiger partial charge >= 0.3 is 0 Å². The van der Waals surface area contributed by atoms with Crippen molar-refractivity contribution in [3.8, 4) is 9.88 Å². The van der Waals surface area contributed by atoms with Gasteiger partial charge < -0.3 is 5.32 Å². The van der Waals surface area contributed by atoms with E-state index in [1.54, 1.807) is 22.7 Å². The van der Waals surface area contributed by atoms with Crippen molar-refractivity contribution >= 4 is 44.5 Å². The Morgan fingerprint density at radius 2 is 2.09 bits per heavy atom. The first kappa shape index (κ1) is 17.1. The van der Waals surface area contributed by atoms with Crippen molar-refractivity contribution < 1.29 is 4.79 Å². The molecule has 0 saturated heterocycles. The molecular formula is C17H21BrN2OS2. The van der Waals surface area contributed by atoms with E-state index in [0.717, 1.165) is 38.8 Å². The molecule has 1 saturated carbocycles. The van der Waals surface area contributed by atoms with Gasteiger partial charge in [-0.3, -0.25) is 4.79 Å². The minimum absolute atomic E-state index is 0.106. The Kier molecular flexibility index (Phi) is 5.88. The van der Waals surface area contributed by atoms with Crippen LogP contribution in [-0.4, -0.2) is 16.9 Å². The number of carbonyl (C=O) groups excluding carboxylic acids is 1. The number of aromatic nitrogens is 1. The molecule has 1 aliphatic rings. The van der Waals surface area contributed by atoms with E-state index in [4.69, 9.17) is 0 Å². The van der Waals surface area contributed by atoms with Crippen molar-refractivity contribution in [2.75, 3.05) is 0 Å². The third kappa shape index (κ3) is 4.64. The van der Waals surface area contributed by atoms with E-state index >= 15 is 0 Å². The molecule has 2 heterocycles. The van der Waals surface area contributed by atoms with Gasteiger partial charge in [-0.15, -0.1) is 22.7 Å². The Hall–Kier alpha value is -0.720. The van der Waals surface area contributed by atoms with Gasteiger partial charge in [0.2, 0.25) is 5.91 Å². The highest BCUT2D eigenvalue weighted by atomic mass is 79.9. The third-order valence-corrected chi connectivity index (χ3v) is 7.21. The second-order valence-electron chi connectivity index (χ2n) is 6.14. The van der Waals surface area contributed by atoms with Crippen molar-refractivity contribution in [1.29, 1.82) is 0 Å². The molecule has 0 spiro atoms. The van der Waals surface area contributed by atoms with Gasteiger partial charge in [-0.2, -0.15) is 0 Å². The van der Waals surface area contributed by atoms with Crippen molar-refractivity contribution in [3.05, 3.63) is 27.0 Å². The number of hydrogen-bond donors (Lipinski definition) is 1. The Morgan fingerprint density at radius 1 is 1.30 bits per heavy atom. The summed E-state index contributed by atoms with van der Waals surface area (Å²) in [7, 11) is 0. The molecule has 0 atom stereocenters. The van der Waals surface area contributed by atoms with Crippen molar-refractivity contribution in [2.24, 2.45) is 5.92 Å².